The predicted octanol–water partition coefficient (Wildman–Crippen LogP) is 3.88. The first-order chi connectivity index (χ1) is 11.9. The van der Waals surface area contributed by atoms with Gasteiger partial charge in [-0.25, -0.2) is 4.98 Å². The molecular formula is C20H23N3OS. The Balaban J connectivity index is 1.99. The Bertz CT molecular complexity index is 794. The van der Waals surface area contributed by atoms with Crippen LogP contribution in [0.1, 0.15) is 34.9 Å². The van der Waals surface area contributed by atoms with E-state index in [0.717, 1.165) is 23.2 Å². The van der Waals surface area contributed by atoms with E-state index in [1.807, 2.05) is 19.9 Å². The van der Waals surface area contributed by atoms with Gasteiger partial charge < -0.3 is 4.90 Å². The summed E-state index contributed by atoms with van der Waals surface area (Å²) in [4.78, 5) is 18.5. The Morgan fingerprint density at radius 2 is 1.88 bits per heavy atom. The van der Waals surface area contributed by atoms with Crippen LogP contribution in [0.5, 0.6) is 0 Å². The van der Waals surface area contributed by atoms with Crippen LogP contribution < -0.4 is 0 Å². The maximum atomic E-state index is 12.4. The van der Waals surface area contributed by atoms with E-state index >= 15 is 0 Å². The highest BCUT2D eigenvalue weighted by Crippen LogP contribution is 2.24. The van der Waals surface area contributed by atoms with Gasteiger partial charge in [-0.3, -0.25) is 4.79 Å². The molecule has 1 aromatic carbocycles. The number of nitriles is 1. The SMILES string of the molecule is CCc1ccc(CN(C)C(=O)CSc2nc(C)cc(C)c2C#N)cc1. The summed E-state index contributed by atoms with van der Waals surface area (Å²) in [5.74, 6) is 0.295. The fraction of sp³-hybridized carbons (Fsp3) is 0.350. The lowest BCUT2D eigenvalue weighted by atomic mass is 10.1. The van der Waals surface area contributed by atoms with Gasteiger partial charge in [0.15, 0.2) is 0 Å². The van der Waals surface area contributed by atoms with E-state index in [-0.39, 0.29) is 11.7 Å². The third-order valence-electron chi connectivity index (χ3n) is 4.03. The lowest BCUT2D eigenvalue weighted by Gasteiger charge is -2.17. The highest BCUT2D eigenvalue weighted by molar-refractivity contribution is 8.00. The lowest BCUT2D eigenvalue weighted by molar-refractivity contribution is -0.127. The average molecular weight is 353 g/mol. The van der Waals surface area contributed by atoms with Crippen molar-refractivity contribution < 1.29 is 4.79 Å². The van der Waals surface area contributed by atoms with Gasteiger partial charge in [-0.1, -0.05) is 43.0 Å². The highest BCUT2D eigenvalue weighted by Gasteiger charge is 2.14. The van der Waals surface area contributed by atoms with Crippen LogP contribution in [0.15, 0.2) is 35.4 Å². The molecule has 0 N–H and O–H groups in total. The van der Waals surface area contributed by atoms with Crippen LogP contribution >= 0.6 is 11.8 Å². The van der Waals surface area contributed by atoms with Gasteiger partial charge in [-0.15, -0.1) is 0 Å². The fourth-order valence-corrected chi connectivity index (χ4v) is 3.57. The Morgan fingerprint density at radius 1 is 1.24 bits per heavy atom. The van der Waals surface area contributed by atoms with Crippen molar-refractivity contribution in [1.82, 2.24) is 9.88 Å². The number of benzene rings is 1. The maximum Gasteiger partial charge on any atom is 0.233 e. The molecule has 0 aliphatic heterocycles. The summed E-state index contributed by atoms with van der Waals surface area (Å²) >= 11 is 1.33. The molecule has 2 aromatic rings. The van der Waals surface area contributed by atoms with Crippen LogP contribution in [-0.4, -0.2) is 28.6 Å². The minimum atomic E-state index is 0.0226. The minimum Gasteiger partial charge on any atom is -0.341 e. The van der Waals surface area contributed by atoms with Gasteiger partial charge in [0.2, 0.25) is 5.91 Å². The van der Waals surface area contributed by atoms with Crippen molar-refractivity contribution in [2.75, 3.05) is 12.8 Å². The highest BCUT2D eigenvalue weighted by atomic mass is 32.2. The van der Waals surface area contributed by atoms with Crippen LogP contribution in [0.4, 0.5) is 0 Å². The first-order valence-electron chi connectivity index (χ1n) is 8.27. The monoisotopic (exact) mass is 353 g/mol. The normalized spacial score (nSPS) is 10.4. The quantitative estimate of drug-likeness (QED) is 0.740. The molecule has 0 saturated heterocycles. The van der Waals surface area contributed by atoms with E-state index in [1.165, 1.54) is 17.3 Å². The summed E-state index contributed by atoms with van der Waals surface area (Å²) in [6.07, 6.45) is 1.01. The zero-order chi connectivity index (χ0) is 18.4. The van der Waals surface area contributed by atoms with Gasteiger partial charge in [0.1, 0.15) is 11.1 Å². The number of nitrogens with zero attached hydrogens (tertiary/aromatic N) is 3. The van der Waals surface area contributed by atoms with Gasteiger partial charge in [-0.2, -0.15) is 5.26 Å². The van der Waals surface area contributed by atoms with E-state index in [0.29, 0.717) is 17.1 Å². The van der Waals surface area contributed by atoms with Crippen LogP contribution in [0.2, 0.25) is 0 Å². The number of pyridine rings is 1. The number of hydrogen-bond acceptors (Lipinski definition) is 4. The standard InChI is InChI=1S/C20H23N3OS/c1-5-16-6-8-17(9-7-16)12-23(4)19(24)13-25-20-18(11-21)14(2)10-15(3)22-20/h6-10H,5,12-13H2,1-4H3. The summed E-state index contributed by atoms with van der Waals surface area (Å²) in [5, 5.41) is 9.94. The van der Waals surface area contributed by atoms with Crippen molar-refractivity contribution in [2.45, 2.75) is 38.8 Å². The number of rotatable bonds is 6. The molecule has 130 valence electrons. The maximum absolute atomic E-state index is 12.4. The summed E-state index contributed by atoms with van der Waals surface area (Å²) in [6.45, 7) is 6.49. The lowest BCUT2D eigenvalue weighted by Crippen LogP contribution is -2.27. The minimum absolute atomic E-state index is 0.0226. The molecule has 1 aromatic heterocycles. The first kappa shape index (κ1) is 19.0. The van der Waals surface area contributed by atoms with Gasteiger partial charge in [0, 0.05) is 19.3 Å². The Labute approximate surface area is 153 Å². The second-order valence-electron chi connectivity index (χ2n) is 6.08. The molecule has 2 rings (SSSR count). The van der Waals surface area contributed by atoms with Crippen molar-refractivity contribution in [1.29, 1.82) is 5.26 Å². The average Bonchev–Trinajstić information content (AvgIpc) is 2.59. The molecule has 25 heavy (non-hydrogen) atoms. The van der Waals surface area contributed by atoms with E-state index in [9.17, 15) is 10.1 Å². The number of carbonyl (C=O) groups is 1. The van der Waals surface area contributed by atoms with Crippen molar-refractivity contribution in [3.8, 4) is 6.07 Å². The van der Waals surface area contributed by atoms with E-state index in [1.54, 1.807) is 11.9 Å². The molecule has 0 aliphatic rings. The molecule has 0 unspecified atom stereocenters. The zero-order valence-electron chi connectivity index (χ0n) is 15.2. The number of hydrogen-bond donors (Lipinski definition) is 0. The van der Waals surface area contributed by atoms with Gasteiger partial charge in [-0.05, 0) is 43.0 Å². The number of amides is 1. The molecule has 1 heterocycles. The third-order valence-corrected chi connectivity index (χ3v) is 4.99. The molecule has 0 aliphatic carbocycles. The van der Waals surface area contributed by atoms with Crippen LogP contribution in [0, 0.1) is 25.2 Å². The topological polar surface area (TPSA) is 57.0 Å². The molecule has 0 bridgehead atoms. The Hall–Kier alpha value is -2.32. The second kappa shape index (κ2) is 8.68. The first-order valence-corrected chi connectivity index (χ1v) is 9.26. The van der Waals surface area contributed by atoms with Crippen LogP contribution in [-0.2, 0) is 17.8 Å². The van der Waals surface area contributed by atoms with Gasteiger partial charge >= 0.3 is 0 Å². The Kier molecular flexibility index (Phi) is 6.60. The molecule has 0 atom stereocenters. The largest absolute Gasteiger partial charge is 0.341 e. The summed E-state index contributed by atoms with van der Waals surface area (Å²) in [5.41, 5.74) is 4.71. The van der Waals surface area contributed by atoms with Crippen molar-refractivity contribution >= 4 is 17.7 Å². The molecule has 0 saturated carbocycles. The number of aromatic nitrogens is 1. The second-order valence-corrected chi connectivity index (χ2v) is 7.05. The van der Waals surface area contributed by atoms with E-state index in [2.05, 4.69) is 42.2 Å². The van der Waals surface area contributed by atoms with Gasteiger partial charge in [0.05, 0.1) is 11.3 Å². The van der Waals surface area contributed by atoms with E-state index in [4.69, 9.17) is 0 Å². The molecule has 5 heteroatoms. The molecule has 4 nitrogen and oxygen atoms in total. The number of thioether (sulfide) groups is 1. The third kappa shape index (κ3) is 5.07. The molecule has 0 spiro atoms. The fourth-order valence-electron chi connectivity index (χ4n) is 2.53. The van der Waals surface area contributed by atoms with Crippen LogP contribution in [0.3, 0.4) is 0 Å². The molecular weight excluding hydrogens is 330 g/mol. The van der Waals surface area contributed by atoms with Crippen molar-refractivity contribution in [2.24, 2.45) is 0 Å². The predicted molar refractivity (Wildman–Crippen MR) is 101 cm³/mol. The molecule has 0 fully saturated rings. The smallest absolute Gasteiger partial charge is 0.233 e. The number of aryl methyl sites for hydroxylation is 3. The molecule has 1 amide bonds. The van der Waals surface area contributed by atoms with Crippen molar-refractivity contribution in [3.05, 3.63) is 58.3 Å². The summed E-state index contributed by atoms with van der Waals surface area (Å²) < 4.78 is 0. The number of carbonyl (C=O) groups excluding carboxylic acids is 1. The Morgan fingerprint density at radius 3 is 2.48 bits per heavy atom. The van der Waals surface area contributed by atoms with Gasteiger partial charge in [0.25, 0.3) is 0 Å². The molecule has 0 radical (unpaired) electrons. The summed E-state index contributed by atoms with van der Waals surface area (Å²) in [6, 6.07) is 12.4. The van der Waals surface area contributed by atoms with E-state index < -0.39 is 0 Å². The van der Waals surface area contributed by atoms with Crippen LogP contribution in [0.25, 0.3) is 0 Å². The summed E-state index contributed by atoms with van der Waals surface area (Å²) in [7, 11) is 1.80. The van der Waals surface area contributed by atoms with Crippen molar-refractivity contribution in [3.63, 3.8) is 0 Å². The zero-order valence-corrected chi connectivity index (χ0v) is 16.0.